The molecule has 0 radical (unpaired) electrons. The fourth-order valence-corrected chi connectivity index (χ4v) is 2.79. The van der Waals surface area contributed by atoms with E-state index in [0.717, 1.165) is 25.7 Å². The summed E-state index contributed by atoms with van der Waals surface area (Å²) < 4.78 is 5.75. The van der Waals surface area contributed by atoms with Crippen LogP contribution in [0.15, 0.2) is 24.3 Å². The van der Waals surface area contributed by atoms with E-state index in [2.05, 4.69) is 25.2 Å². The van der Waals surface area contributed by atoms with Gasteiger partial charge in [-0.25, -0.2) is 0 Å². The summed E-state index contributed by atoms with van der Waals surface area (Å²) in [7, 11) is 0. The van der Waals surface area contributed by atoms with Crippen LogP contribution in [0.1, 0.15) is 57.9 Å². The molecule has 0 spiro atoms. The summed E-state index contributed by atoms with van der Waals surface area (Å²) in [5.41, 5.74) is 0.475. The maximum atomic E-state index is 12.3. The summed E-state index contributed by atoms with van der Waals surface area (Å²) in [6.45, 7) is 5.95. The number of carbonyl (C=O) groups excluding carboxylic acids is 1. The van der Waals surface area contributed by atoms with Crippen molar-refractivity contribution < 1.29 is 9.53 Å². The number of carbonyl (C=O) groups is 1. The first-order chi connectivity index (χ1) is 10.5. The van der Waals surface area contributed by atoms with Gasteiger partial charge in [0.05, 0.1) is 6.07 Å². The Morgan fingerprint density at radius 2 is 2.00 bits per heavy atom. The van der Waals surface area contributed by atoms with Gasteiger partial charge in [-0.1, -0.05) is 26.0 Å². The van der Waals surface area contributed by atoms with Gasteiger partial charge in [0.1, 0.15) is 11.3 Å². The van der Waals surface area contributed by atoms with Crippen molar-refractivity contribution >= 4 is 5.91 Å². The second kappa shape index (κ2) is 6.83. The summed E-state index contributed by atoms with van der Waals surface area (Å²) in [4.78, 5) is 12.3. The van der Waals surface area contributed by atoms with Gasteiger partial charge in [-0.2, -0.15) is 5.26 Å². The Labute approximate surface area is 132 Å². The third-order valence-electron chi connectivity index (χ3n) is 4.24. The Bertz CT molecular complexity index is 569. The van der Waals surface area contributed by atoms with Crippen LogP contribution in [0.25, 0.3) is 0 Å². The molecule has 1 aliphatic rings. The fraction of sp³-hybridized carbons (Fsp3) is 0.556. The lowest BCUT2D eigenvalue weighted by Crippen LogP contribution is -2.49. The molecule has 0 aromatic heterocycles. The van der Waals surface area contributed by atoms with Gasteiger partial charge >= 0.3 is 0 Å². The van der Waals surface area contributed by atoms with E-state index in [9.17, 15) is 10.1 Å². The Hall–Kier alpha value is -2.02. The highest BCUT2D eigenvalue weighted by atomic mass is 16.5. The summed E-state index contributed by atoms with van der Waals surface area (Å²) in [5.74, 6) is 0.873. The second-order valence-electron chi connectivity index (χ2n) is 6.38. The molecule has 0 aliphatic heterocycles. The molecule has 1 amide bonds. The van der Waals surface area contributed by atoms with Crippen LogP contribution in [0.2, 0.25) is 0 Å². The molecule has 0 heterocycles. The van der Waals surface area contributed by atoms with Gasteiger partial charge < -0.3 is 10.1 Å². The van der Waals surface area contributed by atoms with Crippen LogP contribution < -0.4 is 10.1 Å². The molecule has 1 aromatic carbocycles. The first kappa shape index (κ1) is 16.4. The molecule has 0 bridgehead atoms. The molecule has 1 aromatic rings. The van der Waals surface area contributed by atoms with Crippen molar-refractivity contribution in [3.63, 3.8) is 0 Å². The normalized spacial score (nSPS) is 17.8. The quantitative estimate of drug-likeness (QED) is 0.905. The van der Waals surface area contributed by atoms with Gasteiger partial charge in [-0.15, -0.1) is 0 Å². The highest BCUT2D eigenvalue weighted by molar-refractivity contribution is 5.82. The number of hydrogen-bond donors (Lipinski definition) is 1. The second-order valence-corrected chi connectivity index (χ2v) is 6.38. The number of nitrogens with zero attached hydrogens (tertiary/aromatic N) is 1. The third kappa shape index (κ3) is 3.79. The predicted octanol–water partition coefficient (Wildman–Crippen LogP) is 3.53. The smallest absolute Gasteiger partial charge is 0.262 e. The molecule has 1 fully saturated rings. The average molecular weight is 300 g/mol. The SMILES string of the molecule is CC(Oc1cccc(C(C)C)c1)C(=O)NC1(C#N)CCCC1. The first-order valence-electron chi connectivity index (χ1n) is 7.96. The molecule has 1 unspecified atom stereocenters. The number of ether oxygens (including phenoxy) is 1. The Morgan fingerprint density at radius 1 is 1.32 bits per heavy atom. The fourth-order valence-electron chi connectivity index (χ4n) is 2.79. The van der Waals surface area contributed by atoms with Gasteiger partial charge in [0.2, 0.25) is 0 Å². The monoisotopic (exact) mass is 300 g/mol. The van der Waals surface area contributed by atoms with E-state index >= 15 is 0 Å². The van der Waals surface area contributed by atoms with Gasteiger partial charge in [-0.3, -0.25) is 4.79 Å². The van der Waals surface area contributed by atoms with Crippen LogP contribution in [0.3, 0.4) is 0 Å². The molecule has 1 N–H and O–H groups in total. The van der Waals surface area contributed by atoms with Crippen molar-refractivity contribution in [3.05, 3.63) is 29.8 Å². The maximum absolute atomic E-state index is 12.3. The number of nitrogens with one attached hydrogen (secondary N) is 1. The molecule has 1 aliphatic carbocycles. The molecule has 2 rings (SSSR count). The Kier molecular flexibility index (Phi) is 5.07. The minimum atomic E-state index is -0.700. The third-order valence-corrected chi connectivity index (χ3v) is 4.24. The van der Waals surface area contributed by atoms with Crippen molar-refractivity contribution in [1.29, 1.82) is 5.26 Å². The minimum Gasteiger partial charge on any atom is -0.481 e. The molecule has 118 valence electrons. The maximum Gasteiger partial charge on any atom is 0.262 e. The van der Waals surface area contributed by atoms with Crippen LogP contribution in [0, 0.1) is 11.3 Å². The zero-order chi connectivity index (χ0) is 16.2. The van der Waals surface area contributed by atoms with Crippen molar-refractivity contribution in [2.75, 3.05) is 0 Å². The zero-order valence-electron chi connectivity index (χ0n) is 13.6. The molecule has 1 saturated carbocycles. The van der Waals surface area contributed by atoms with E-state index < -0.39 is 11.6 Å². The summed E-state index contributed by atoms with van der Waals surface area (Å²) in [6.07, 6.45) is 2.81. The Balaban J connectivity index is 1.99. The number of hydrogen-bond acceptors (Lipinski definition) is 3. The largest absolute Gasteiger partial charge is 0.481 e. The van der Waals surface area contributed by atoms with Gasteiger partial charge in [-0.05, 0) is 56.2 Å². The van der Waals surface area contributed by atoms with Gasteiger partial charge in [0.25, 0.3) is 5.91 Å². The standard InChI is InChI=1S/C18H24N2O2/c1-13(2)15-7-6-8-16(11-15)22-14(3)17(21)20-18(12-19)9-4-5-10-18/h6-8,11,13-14H,4-5,9-10H2,1-3H3,(H,20,21). The molecule has 1 atom stereocenters. The van der Waals surface area contributed by atoms with E-state index in [4.69, 9.17) is 4.74 Å². The summed E-state index contributed by atoms with van der Waals surface area (Å²) in [5, 5.41) is 12.2. The summed E-state index contributed by atoms with van der Waals surface area (Å²) >= 11 is 0. The molecule has 0 saturated heterocycles. The van der Waals surface area contributed by atoms with E-state index in [-0.39, 0.29) is 5.91 Å². The molecule has 4 nitrogen and oxygen atoms in total. The van der Waals surface area contributed by atoms with Crippen LogP contribution in [-0.2, 0) is 4.79 Å². The number of rotatable bonds is 5. The van der Waals surface area contributed by atoms with Crippen LogP contribution in [-0.4, -0.2) is 17.6 Å². The number of nitriles is 1. The van der Waals surface area contributed by atoms with E-state index in [0.29, 0.717) is 11.7 Å². The zero-order valence-corrected chi connectivity index (χ0v) is 13.6. The van der Waals surface area contributed by atoms with Gasteiger partial charge in [0, 0.05) is 0 Å². The average Bonchev–Trinajstić information content (AvgIpc) is 2.96. The van der Waals surface area contributed by atoms with Crippen LogP contribution in [0.5, 0.6) is 5.75 Å². The van der Waals surface area contributed by atoms with Crippen molar-refractivity contribution in [3.8, 4) is 11.8 Å². The van der Waals surface area contributed by atoms with E-state index in [1.165, 1.54) is 5.56 Å². The highest BCUT2D eigenvalue weighted by Crippen LogP contribution is 2.29. The van der Waals surface area contributed by atoms with Crippen molar-refractivity contribution in [2.24, 2.45) is 0 Å². The van der Waals surface area contributed by atoms with Crippen LogP contribution in [0.4, 0.5) is 0 Å². The molecular formula is C18H24N2O2. The highest BCUT2D eigenvalue weighted by Gasteiger charge is 2.36. The molecule has 4 heteroatoms. The number of benzene rings is 1. The lowest BCUT2D eigenvalue weighted by atomic mass is 9.99. The summed E-state index contributed by atoms with van der Waals surface area (Å²) in [6, 6.07) is 10.1. The van der Waals surface area contributed by atoms with E-state index in [1.807, 2.05) is 24.3 Å². The van der Waals surface area contributed by atoms with Crippen molar-refractivity contribution in [2.45, 2.75) is 64.0 Å². The molecular weight excluding hydrogens is 276 g/mol. The predicted molar refractivity (Wildman–Crippen MR) is 85.6 cm³/mol. The lowest BCUT2D eigenvalue weighted by molar-refractivity contribution is -0.128. The minimum absolute atomic E-state index is 0.224. The van der Waals surface area contributed by atoms with Gasteiger partial charge in [0.15, 0.2) is 6.10 Å². The Morgan fingerprint density at radius 3 is 2.59 bits per heavy atom. The van der Waals surface area contributed by atoms with Crippen LogP contribution >= 0.6 is 0 Å². The topological polar surface area (TPSA) is 62.1 Å². The lowest BCUT2D eigenvalue weighted by Gasteiger charge is -2.24. The first-order valence-corrected chi connectivity index (χ1v) is 7.96. The number of amides is 1. The van der Waals surface area contributed by atoms with E-state index in [1.54, 1.807) is 6.92 Å². The van der Waals surface area contributed by atoms with Crippen molar-refractivity contribution in [1.82, 2.24) is 5.32 Å². The molecule has 22 heavy (non-hydrogen) atoms.